The zero-order valence-corrected chi connectivity index (χ0v) is 18.1. The maximum absolute atomic E-state index is 12.8. The number of likely N-dealkylation sites (tertiary alicyclic amines) is 2. The first-order valence-electron chi connectivity index (χ1n) is 11.3. The molecule has 2 saturated heterocycles. The fourth-order valence-electron chi connectivity index (χ4n) is 5.50. The molecule has 4 rings (SSSR count). The summed E-state index contributed by atoms with van der Waals surface area (Å²) in [5, 5.41) is 0. The Morgan fingerprint density at radius 3 is 2.45 bits per heavy atom. The van der Waals surface area contributed by atoms with E-state index in [9.17, 15) is 4.79 Å². The van der Waals surface area contributed by atoms with Crippen LogP contribution in [0.3, 0.4) is 0 Å². The molecular formula is C24H36N2O3. The lowest BCUT2D eigenvalue weighted by Crippen LogP contribution is -2.47. The Bertz CT molecular complexity index is 678. The summed E-state index contributed by atoms with van der Waals surface area (Å²) < 4.78 is 10.8. The molecule has 2 aliphatic heterocycles. The van der Waals surface area contributed by atoms with Gasteiger partial charge in [-0.05, 0) is 55.2 Å². The number of carbonyl (C=O) groups excluding carboxylic acids is 1. The first-order valence-corrected chi connectivity index (χ1v) is 11.3. The summed E-state index contributed by atoms with van der Waals surface area (Å²) in [5.41, 5.74) is 1.54. The van der Waals surface area contributed by atoms with Gasteiger partial charge in [-0.2, -0.15) is 0 Å². The number of rotatable bonds is 7. The highest BCUT2D eigenvalue weighted by Crippen LogP contribution is 2.47. The molecule has 1 saturated carbocycles. The number of carbonyl (C=O) groups is 1. The third kappa shape index (κ3) is 4.46. The van der Waals surface area contributed by atoms with Gasteiger partial charge in [-0.1, -0.05) is 18.6 Å². The smallest absolute Gasteiger partial charge is 0.222 e. The van der Waals surface area contributed by atoms with Crippen LogP contribution in [0.1, 0.15) is 44.1 Å². The van der Waals surface area contributed by atoms with Gasteiger partial charge >= 0.3 is 0 Å². The molecule has 3 fully saturated rings. The summed E-state index contributed by atoms with van der Waals surface area (Å²) in [6.07, 6.45) is 7.76. The third-order valence-electron chi connectivity index (χ3n) is 7.70. The molecule has 0 aromatic heterocycles. The lowest BCUT2D eigenvalue weighted by Gasteiger charge is -2.43. The Hall–Kier alpha value is -1.59. The zero-order chi connectivity index (χ0) is 20.3. The molecule has 1 spiro atoms. The van der Waals surface area contributed by atoms with Crippen LogP contribution in [0.4, 0.5) is 0 Å². The Labute approximate surface area is 175 Å². The molecule has 5 nitrogen and oxygen atoms in total. The fraction of sp³-hybridized carbons (Fsp3) is 0.708. The zero-order valence-electron chi connectivity index (χ0n) is 18.1. The highest BCUT2D eigenvalue weighted by atomic mass is 16.5. The summed E-state index contributed by atoms with van der Waals surface area (Å²) >= 11 is 0. The van der Waals surface area contributed by atoms with Gasteiger partial charge in [0.25, 0.3) is 0 Å². The monoisotopic (exact) mass is 400 g/mol. The van der Waals surface area contributed by atoms with Crippen molar-refractivity contribution in [2.45, 2.75) is 51.0 Å². The number of hydrogen-bond donors (Lipinski definition) is 0. The summed E-state index contributed by atoms with van der Waals surface area (Å²) in [5.74, 6) is 1.77. The van der Waals surface area contributed by atoms with E-state index in [1.807, 2.05) is 19.2 Å². The van der Waals surface area contributed by atoms with Crippen LogP contribution in [0, 0.1) is 11.3 Å². The number of ether oxygens (including phenoxy) is 2. The largest absolute Gasteiger partial charge is 0.497 e. The van der Waals surface area contributed by atoms with Crippen LogP contribution in [0.25, 0.3) is 0 Å². The maximum atomic E-state index is 12.8. The molecule has 2 heterocycles. The molecule has 5 heteroatoms. The van der Waals surface area contributed by atoms with E-state index >= 15 is 0 Å². The quantitative estimate of drug-likeness (QED) is 0.704. The molecule has 0 radical (unpaired) electrons. The normalized spacial score (nSPS) is 24.6. The van der Waals surface area contributed by atoms with E-state index < -0.39 is 0 Å². The first-order chi connectivity index (χ1) is 14.1. The molecule has 0 N–H and O–H groups in total. The average molecular weight is 401 g/mol. The number of nitrogens with zero attached hydrogens (tertiary/aromatic N) is 2. The summed E-state index contributed by atoms with van der Waals surface area (Å²) in [6, 6.07) is 8.85. The molecule has 1 aromatic rings. The van der Waals surface area contributed by atoms with Crippen LogP contribution >= 0.6 is 0 Å². The molecule has 1 aromatic carbocycles. The molecule has 160 valence electrons. The van der Waals surface area contributed by atoms with Gasteiger partial charge in [0.05, 0.1) is 13.7 Å². The van der Waals surface area contributed by atoms with Crippen molar-refractivity contribution in [2.24, 2.45) is 11.3 Å². The highest BCUT2D eigenvalue weighted by molar-refractivity contribution is 5.76. The minimum absolute atomic E-state index is 0.299. The fourth-order valence-corrected chi connectivity index (χ4v) is 5.50. The number of methoxy groups -OCH3 is 2. The minimum Gasteiger partial charge on any atom is -0.497 e. The van der Waals surface area contributed by atoms with Gasteiger partial charge in [0, 0.05) is 51.7 Å². The average Bonchev–Trinajstić information content (AvgIpc) is 3.03. The van der Waals surface area contributed by atoms with E-state index in [0.29, 0.717) is 23.7 Å². The summed E-state index contributed by atoms with van der Waals surface area (Å²) in [7, 11) is 3.51. The van der Waals surface area contributed by atoms with E-state index in [1.54, 1.807) is 7.11 Å². The molecule has 1 atom stereocenters. The van der Waals surface area contributed by atoms with Gasteiger partial charge in [-0.3, -0.25) is 9.69 Å². The van der Waals surface area contributed by atoms with Gasteiger partial charge in [0.1, 0.15) is 5.75 Å². The molecule has 1 amide bonds. The highest BCUT2D eigenvalue weighted by Gasteiger charge is 2.50. The second kappa shape index (κ2) is 9.05. The maximum Gasteiger partial charge on any atom is 0.222 e. The van der Waals surface area contributed by atoms with Crippen LogP contribution in [0.2, 0.25) is 0 Å². The standard InChI is InChI=1S/C24H36N2O3/c1-28-17-20-16-26(21-4-3-5-21)18-24(20)12-14-25(15-13-24)23(27)11-8-19-6-9-22(29-2)10-7-19/h6-7,9-10,20-21H,3-5,8,11-18H2,1-2H3/t20-/m1/s1. The van der Waals surface area contributed by atoms with Gasteiger partial charge in [-0.25, -0.2) is 0 Å². The number of aryl methyl sites for hydroxylation is 1. The topological polar surface area (TPSA) is 42.0 Å². The van der Waals surface area contributed by atoms with Crippen LogP contribution < -0.4 is 4.74 Å². The number of benzene rings is 1. The van der Waals surface area contributed by atoms with Crippen molar-refractivity contribution in [3.63, 3.8) is 0 Å². The Balaban J connectivity index is 1.29. The number of amides is 1. The van der Waals surface area contributed by atoms with Crippen molar-refractivity contribution in [1.82, 2.24) is 9.80 Å². The van der Waals surface area contributed by atoms with E-state index in [4.69, 9.17) is 9.47 Å². The molecular weight excluding hydrogens is 364 g/mol. The van der Waals surface area contributed by atoms with Crippen molar-refractivity contribution in [1.29, 1.82) is 0 Å². The van der Waals surface area contributed by atoms with Gasteiger partial charge < -0.3 is 14.4 Å². The van der Waals surface area contributed by atoms with Gasteiger partial charge in [0.2, 0.25) is 5.91 Å². The van der Waals surface area contributed by atoms with E-state index in [0.717, 1.165) is 50.8 Å². The molecule has 1 aliphatic carbocycles. The third-order valence-corrected chi connectivity index (χ3v) is 7.70. The first kappa shape index (κ1) is 20.7. The second-order valence-electron chi connectivity index (χ2n) is 9.26. The number of piperidine rings is 1. The lowest BCUT2D eigenvalue weighted by atomic mass is 9.71. The molecule has 29 heavy (non-hydrogen) atoms. The van der Waals surface area contributed by atoms with E-state index in [2.05, 4.69) is 21.9 Å². The van der Waals surface area contributed by atoms with Crippen LogP contribution in [0.5, 0.6) is 5.75 Å². The van der Waals surface area contributed by atoms with Gasteiger partial charge in [-0.15, -0.1) is 0 Å². The predicted molar refractivity (Wildman–Crippen MR) is 114 cm³/mol. The van der Waals surface area contributed by atoms with Crippen molar-refractivity contribution < 1.29 is 14.3 Å². The van der Waals surface area contributed by atoms with Crippen molar-refractivity contribution in [3.05, 3.63) is 29.8 Å². The van der Waals surface area contributed by atoms with E-state index in [-0.39, 0.29) is 0 Å². The van der Waals surface area contributed by atoms with Crippen LogP contribution in [-0.4, -0.2) is 68.8 Å². The SMILES string of the molecule is COC[C@H]1CN(C2CCC2)CC12CCN(C(=O)CCc1ccc(OC)cc1)CC2. The van der Waals surface area contributed by atoms with Crippen molar-refractivity contribution in [2.75, 3.05) is 47.0 Å². The summed E-state index contributed by atoms with van der Waals surface area (Å²) in [6.45, 7) is 5.05. The lowest BCUT2D eigenvalue weighted by molar-refractivity contribution is -0.134. The summed E-state index contributed by atoms with van der Waals surface area (Å²) in [4.78, 5) is 17.6. The van der Waals surface area contributed by atoms with Crippen LogP contribution in [-0.2, 0) is 16.0 Å². The van der Waals surface area contributed by atoms with Crippen molar-refractivity contribution in [3.8, 4) is 5.75 Å². The van der Waals surface area contributed by atoms with Crippen molar-refractivity contribution >= 4 is 5.91 Å². The van der Waals surface area contributed by atoms with E-state index in [1.165, 1.54) is 37.9 Å². The Kier molecular flexibility index (Phi) is 6.45. The predicted octanol–water partition coefficient (Wildman–Crippen LogP) is 3.37. The second-order valence-corrected chi connectivity index (χ2v) is 9.26. The van der Waals surface area contributed by atoms with Gasteiger partial charge in [0.15, 0.2) is 0 Å². The Morgan fingerprint density at radius 1 is 1.14 bits per heavy atom. The number of hydrogen-bond acceptors (Lipinski definition) is 4. The molecule has 0 bridgehead atoms. The minimum atomic E-state index is 0.299. The molecule has 3 aliphatic rings. The molecule has 0 unspecified atom stereocenters. The Morgan fingerprint density at radius 2 is 1.86 bits per heavy atom. The van der Waals surface area contributed by atoms with Crippen LogP contribution in [0.15, 0.2) is 24.3 Å².